The number of amides is 1. The minimum absolute atomic E-state index is 0.00868. The lowest BCUT2D eigenvalue weighted by Gasteiger charge is -2.35. The molecule has 146 valence electrons. The zero-order valence-electron chi connectivity index (χ0n) is 15.4. The fourth-order valence-corrected chi connectivity index (χ4v) is 2.89. The largest absolute Gasteiger partial charge is 0.479 e. The number of pyridine rings is 1. The fraction of sp³-hybridized carbons (Fsp3) is 0.300. The van der Waals surface area contributed by atoms with E-state index in [4.69, 9.17) is 9.84 Å². The zero-order chi connectivity index (χ0) is 20.1. The second-order valence-corrected chi connectivity index (χ2v) is 6.49. The Balaban J connectivity index is 1.56. The minimum Gasteiger partial charge on any atom is -0.479 e. The van der Waals surface area contributed by atoms with E-state index in [1.807, 2.05) is 17.0 Å². The number of rotatable bonds is 7. The van der Waals surface area contributed by atoms with Gasteiger partial charge in [-0.25, -0.2) is 4.79 Å². The molecule has 8 nitrogen and oxygen atoms in total. The van der Waals surface area contributed by atoms with Gasteiger partial charge < -0.3 is 19.6 Å². The molecule has 1 unspecified atom stereocenters. The molecule has 1 aliphatic rings. The molecule has 8 heteroatoms. The third kappa shape index (κ3) is 4.64. The maximum atomic E-state index is 12.5. The summed E-state index contributed by atoms with van der Waals surface area (Å²) in [4.78, 5) is 43.2. The van der Waals surface area contributed by atoms with E-state index in [2.05, 4.69) is 4.98 Å². The summed E-state index contributed by atoms with van der Waals surface area (Å²) in [6.07, 6.45) is 2.39. The van der Waals surface area contributed by atoms with Crippen LogP contribution in [0.4, 0.5) is 5.69 Å². The highest BCUT2D eigenvalue weighted by molar-refractivity contribution is 6.00. The predicted octanol–water partition coefficient (Wildman–Crippen LogP) is 1.46. The van der Waals surface area contributed by atoms with E-state index in [9.17, 15) is 14.4 Å². The molecule has 1 aliphatic heterocycles. The van der Waals surface area contributed by atoms with Crippen molar-refractivity contribution < 1.29 is 24.2 Å². The number of aliphatic carboxylic acids is 1. The molecule has 2 heterocycles. The molecule has 1 aromatic carbocycles. The van der Waals surface area contributed by atoms with E-state index in [0.717, 1.165) is 5.69 Å². The van der Waals surface area contributed by atoms with Crippen LogP contribution in [0.3, 0.4) is 0 Å². The Morgan fingerprint density at radius 1 is 1.14 bits per heavy atom. The first-order valence-corrected chi connectivity index (χ1v) is 8.89. The van der Waals surface area contributed by atoms with Crippen molar-refractivity contribution in [3.63, 3.8) is 0 Å². The first-order valence-electron chi connectivity index (χ1n) is 8.89. The van der Waals surface area contributed by atoms with Crippen molar-refractivity contribution in [3.05, 3.63) is 54.4 Å². The molecule has 0 saturated carbocycles. The first kappa shape index (κ1) is 19.3. The Labute approximate surface area is 162 Å². The average molecular weight is 383 g/mol. The van der Waals surface area contributed by atoms with Crippen LogP contribution in [0, 0.1) is 0 Å². The van der Waals surface area contributed by atoms with E-state index in [0.29, 0.717) is 24.4 Å². The minimum atomic E-state index is -1.07. The number of carboxylic acid groups (broad SMARTS) is 1. The van der Waals surface area contributed by atoms with Crippen LogP contribution in [0.1, 0.15) is 17.3 Å². The summed E-state index contributed by atoms with van der Waals surface area (Å²) in [5.41, 5.74) is 1.38. The number of benzene rings is 1. The zero-order valence-corrected chi connectivity index (χ0v) is 15.4. The van der Waals surface area contributed by atoms with Gasteiger partial charge in [-0.1, -0.05) is 0 Å². The summed E-state index contributed by atoms with van der Waals surface area (Å²) in [5.74, 6) is -0.978. The van der Waals surface area contributed by atoms with Crippen LogP contribution in [0.2, 0.25) is 0 Å². The number of ether oxygens (including phenoxy) is 1. The number of carbonyl (C=O) groups is 3. The molecule has 28 heavy (non-hydrogen) atoms. The molecule has 3 rings (SSSR count). The summed E-state index contributed by atoms with van der Waals surface area (Å²) in [6.45, 7) is 2.76. The molecule has 1 N–H and O–H groups in total. The normalized spacial score (nSPS) is 15.2. The molecule has 1 fully saturated rings. The van der Waals surface area contributed by atoms with Crippen LogP contribution in [-0.4, -0.2) is 64.9 Å². The van der Waals surface area contributed by atoms with Crippen molar-refractivity contribution in [3.8, 4) is 5.75 Å². The second kappa shape index (κ2) is 8.51. The number of aromatic nitrogens is 1. The highest BCUT2D eigenvalue weighted by Crippen LogP contribution is 2.17. The third-order valence-corrected chi connectivity index (χ3v) is 4.52. The molecule has 1 aromatic heterocycles. The van der Waals surface area contributed by atoms with Gasteiger partial charge in [-0.05, 0) is 43.3 Å². The van der Waals surface area contributed by atoms with Crippen molar-refractivity contribution in [2.75, 3.05) is 31.1 Å². The number of hydrogen-bond donors (Lipinski definition) is 1. The number of nitrogens with zero attached hydrogens (tertiary/aromatic N) is 3. The van der Waals surface area contributed by atoms with Crippen LogP contribution < -0.4 is 9.64 Å². The summed E-state index contributed by atoms with van der Waals surface area (Å²) < 4.78 is 5.25. The first-order chi connectivity index (χ1) is 13.4. The van der Waals surface area contributed by atoms with Crippen molar-refractivity contribution in [1.82, 2.24) is 9.88 Å². The lowest BCUT2D eigenvalue weighted by Crippen LogP contribution is -2.51. The molecule has 1 amide bonds. The monoisotopic (exact) mass is 383 g/mol. The van der Waals surface area contributed by atoms with Gasteiger partial charge in [0.15, 0.2) is 11.9 Å². The molecule has 0 spiro atoms. The third-order valence-electron chi connectivity index (χ3n) is 4.52. The standard InChI is InChI=1S/C20H21N3O5/c1-14(20(26)27)28-17-4-2-15(3-5-17)18(24)12-23-11-10-22(13-19(23)25)16-6-8-21-9-7-16/h2-9,14H,10-13H2,1H3,(H,26,27). The number of carboxylic acids is 1. The van der Waals surface area contributed by atoms with Gasteiger partial charge in [0.25, 0.3) is 0 Å². The summed E-state index contributed by atoms with van der Waals surface area (Å²) in [7, 11) is 0. The van der Waals surface area contributed by atoms with Crippen LogP contribution >= 0.6 is 0 Å². The lowest BCUT2D eigenvalue weighted by atomic mass is 10.1. The maximum absolute atomic E-state index is 12.5. The van der Waals surface area contributed by atoms with Crippen LogP contribution in [0.5, 0.6) is 5.75 Å². The van der Waals surface area contributed by atoms with Crippen molar-refractivity contribution in [2.24, 2.45) is 0 Å². The molecular formula is C20H21N3O5. The van der Waals surface area contributed by atoms with Gasteiger partial charge >= 0.3 is 5.97 Å². The van der Waals surface area contributed by atoms with Crippen LogP contribution in [0.25, 0.3) is 0 Å². The molecule has 0 aliphatic carbocycles. The SMILES string of the molecule is CC(Oc1ccc(C(=O)CN2CCN(c3ccncc3)CC2=O)cc1)C(=O)O. The smallest absolute Gasteiger partial charge is 0.344 e. The van der Waals surface area contributed by atoms with E-state index >= 15 is 0 Å². The predicted molar refractivity (Wildman–Crippen MR) is 102 cm³/mol. The van der Waals surface area contributed by atoms with E-state index < -0.39 is 12.1 Å². The molecule has 1 atom stereocenters. The van der Waals surface area contributed by atoms with Crippen LogP contribution in [0.15, 0.2) is 48.8 Å². The van der Waals surface area contributed by atoms with Gasteiger partial charge in [-0.2, -0.15) is 0 Å². The number of ketones is 1. The van der Waals surface area contributed by atoms with Gasteiger partial charge in [0.2, 0.25) is 5.91 Å². The van der Waals surface area contributed by atoms with Crippen molar-refractivity contribution >= 4 is 23.3 Å². The molecular weight excluding hydrogens is 362 g/mol. The fourth-order valence-electron chi connectivity index (χ4n) is 2.89. The van der Waals surface area contributed by atoms with Gasteiger partial charge in [-0.15, -0.1) is 0 Å². The van der Waals surface area contributed by atoms with E-state index in [-0.39, 0.29) is 24.8 Å². The number of hydrogen-bond acceptors (Lipinski definition) is 6. The number of Topliss-reactive ketones (excluding diaryl/α,β-unsaturated/α-hetero) is 1. The molecule has 2 aromatic rings. The molecule has 0 bridgehead atoms. The lowest BCUT2D eigenvalue weighted by molar-refractivity contribution is -0.144. The second-order valence-electron chi connectivity index (χ2n) is 6.49. The Kier molecular flexibility index (Phi) is 5.88. The van der Waals surface area contributed by atoms with Crippen LogP contribution in [-0.2, 0) is 9.59 Å². The van der Waals surface area contributed by atoms with Crippen molar-refractivity contribution in [1.29, 1.82) is 0 Å². The summed E-state index contributed by atoms with van der Waals surface area (Å²) in [5, 5.41) is 8.86. The van der Waals surface area contributed by atoms with Gasteiger partial charge in [0.05, 0.1) is 13.1 Å². The molecule has 1 saturated heterocycles. The number of piperazine rings is 1. The van der Waals surface area contributed by atoms with E-state index in [1.165, 1.54) is 6.92 Å². The average Bonchev–Trinajstić information content (AvgIpc) is 2.70. The van der Waals surface area contributed by atoms with Crippen molar-refractivity contribution in [2.45, 2.75) is 13.0 Å². The Morgan fingerprint density at radius 3 is 2.43 bits per heavy atom. The van der Waals surface area contributed by atoms with Gasteiger partial charge in [0.1, 0.15) is 5.75 Å². The number of carbonyl (C=O) groups excluding carboxylic acids is 2. The Hall–Kier alpha value is -3.42. The highest BCUT2D eigenvalue weighted by atomic mass is 16.5. The number of anilines is 1. The van der Waals surface area contributed by atoms with Gasteiger partial charge in [0, 0.05) is 36.7 Å². The Bertz CT molecular complexity index is 854. The maximum Gasteiger partial charge on any atom is 0.344 e. The molecule has 0 radical (unpaired) electrons. The quantitative estimate of drug-likeness (QED) is 0.723. The topological polar surface area (TPSA) is 100 Å². The highest BCUT2D eigenvalue weighted by Gasteiger charge is 2.26. The summed E-state index contributed by atoms with van der Waals surface area (Å²) >= 11 is 0. The van der Waals surface area contributed by atoms with E-state index in [1.54, 1.807) is 41.6 Å². The Morgan fingerprint density at radius 2 is 1.82 bits per heavy atom. The summed E-state index contributed by atoms with van der Waals surface area (Å²) in [6, 6.07) is 9.95. The van der Waals surface area contributed by atoms with Gasteiger partial charge in [-0.3, -0.25) is 14.6 Å².